The molecule has 1 aliphatic heterocycles. The Kier molecular flexibility index (Phi) is 5.90. The van der Waals surface area contributed by atoms with Crippen LogP contribution in [0, 0.1) is 5.92 Å². The molecule has 0 bridgehead atoms. The van der Waals surface area contributed by atoms with Crippen LogP contribution < -0.4 is 0 Å². The van der Waals surface area contributed by atoms with Crippen molar-refractivity contribution in [2.45, 2.75) is 63.8 Å². The first-order valence-electron chi connectivity index (χ1n) is 7.88. The first-order valence-corrected chi connectivity index (χ1v) is 7.88. The SMILES string of the molecule is O=C(O)CCC1CCN(C2/C=C/CCCCC2)CC1. The van der Waals surface area contributed by atoms with Crippen molar-refractivity contribution in [3.63, 3.8) is 0 Å². The summed E-state index contributed by atoms with van der Waals surface area (Å²) in [6.07, 6.45) is 15.0. The third kappa shape index (κ3) is 4.98. The average molecular weight is 265 g/mol. The van der Waals surface area contributed by atoms with Crippen molar-refractivity contribution in [2.75, 3.05) is 13.1 Å². The summed E-state index contributed by atoms with van der Waals surface area (Å²) in [5, 5.41) is 8.74. The first kappa shape index (κ1) is 14.6. The zero-order chi connectivity index (χ0) is 13.5. The normalized spacial score (nSPS) is 28.5. The lowest BCUT2D eigenvalue weighted by Crippen LogP contribution is -2.40. The molecular formula is C16H27NO2. The zero-order valence-corrected chi connectivity index (χ0v) is 11.9. The van der Waals surface area contributed by atoms with Gasteiger partial charge in [0.25, 0.3) is 0 Å². The van der Waals surface area contributed by atoms with Crippen LogP contribution in [-0.4, -0.2) is 35.1 Å². The predicted octanol–water partition coefficient (Wildman–Crippen LogP) is 3.45. The second kappa shape index (κ2) is 7.68. The highest BCUT2D eigenvalue weighted by molar-refractivity contribution is 5.66. The summed E-state index contributed by atoms with van der Waals surface area (Å²) in [7, 11) is 0. The van der Waals surface area contributed by atoms with Gasteiger partial charge in [0, 0.05) is 12.5 Å². The van der Waals surface area contributed by atoms with E-state index in [9.17, 15) is 4.79 Å². The number of hydrogen-bond acceptors (Lipinski definition) is 2. The Morgan fingerprint density at radius 2 is 1.95 bits per heavy atom. The molecule has 1 N–H and O–H groups in total. The summed E-state index contributed by atoms with van der Waals surface area (Å²) in [6.45, 7) is 2.30. The summed E-state index contributed by atoms with van der Waals surface area (Å²) >= 11 is 0. The van der Waals surface area contributed by atoms with Crippen molar-refractivity contribution in [2.24, 2.45) is 5.92 Å². The van der Waals surface area contributed by atoms with Crippen LogP contribution in [0.3, 0.4) is 0 Å². The second-order valence-electron chi connectivity index (χ2n) is 6.05. The number of hydrogen-bond donors (Lipinski definition) is 1. The molecule has 2 rings (SSSR count). The van der Waals surface area contributed by atoms with Crippen molar-refractivity contribution >= 4 is 5.97 Å². The van der Waals surface area contributed by atoms with Gasteiger partial charge in [-0.05, 0) is 57.5 Å². The molecule has 1 saturated heterocycles. The highest BCUT2D eigenvalue weighted by atomic mass is 16.4. The molecular weight excluding hydrogens is 238 g/mol. The fourth-order valence-corrected chi connectivity index (χ4v) is 3.35. The average Bonchev–Trinajstić information content (AvgIpc) is 2.37. The number of carboxylic acid groups (broad SMARTS) is 1. The van der Waals surface area contributed by atoms with E-state index in [1.54, 1.807) is 0 Å². The van der Waals surface area contributed by atoms with Gasteiger partial charge in [-0.3, -0.25) is 9.69 Å². The van der Waals surface area contributed by atoms with Crippen LogP contribution in [0.5, 0.6) is 0 Å². The van der Waals surface area contributed by atoms with Gasteiger partial charge in [0.05, 0.1) is 0 Å². The Labute approximate surface area is 116 Å². The van der Waals surface area contributed by atoms with Crippen LogP contribution in [0.25, 0.3) is 0 Å². The van der Waals surface area contributed by atoms with Crippen molar-refractivity contribution in [1.29, 1.82) is 0 Å². The molecule has 1 atom stereocenters. The summed E-state index contributed by atoms with van der Waals surface area (Å²) in [5.74, 6) is -0.0183. The van der Waals surface area contributed by atoms with Gasteiger partial charge in [-0.2, -0.15) is 0 Å². The van der Waals surface area contributed by atoms with Crippen LogP contribution >= 0.6 is 0 Å². The quantitative estimate of drug-likeness (QED) is 0.791. The lowest BCUT2D eigenvalue weighted by molar-refractivity contribution is -0.137. The summed E-state index contributed by atoms with van der Waals surface area (Å²) < 4.78 is 0. The van der Waals surface area contributed by atoms with Crippen LogP contribution in [0.1, 0.15) is 57.8 Å². The number of carbonyl (C=O) groups is 1. The fraction of sp³-hybridized carbons (Fsp3) is 0.812. The minimum Gasteiger partial charge on any atom is -0.481 e. The molecule has 0 aromatic carbocycles. The summed E-state index contributed by atoms with van der Waals surface area (Å²) in [5.41, 5.74) is 0. The molecule has 0 radical (unpaired) electrons. The Morgan fingerprint density at radius 1 is 1.16 bits per heavy atom. The number of piperidine rings is 1. The lowest BCUT2D eigenvalue weighted by Gasteiger charge is -2.37. The van der Waals surface area contributed by atoms with Gasteiger partial charge in [-0.25, -0.2) is 0 Å². The molecule has 19 heavy (non-hydrogen) atoms. The van der Waals surface area contributed by atoms with Gasteiger partial charge in [-0.15, -0.1) is 0 Å². The van der Waals surface area contributed by atoms with E-state index in [1.165, 1.54) is 44.9 Å². The van der Waals surface area contributed by atoms with Crippen LogP contribution in [0.15, 0.2) is 12.2 Å². The Balaban J connectivity index is 1.75. The van der Waals surface area contributed by atoms with E-state index in [0.29, 0.717) is 18.4 Å². The van der Waals surface area contributed by atoms with E-state index in [-0.39, 0.29) is 0 Å². The first-order chi connectivity index (χ1) is 9.25. The van der Waals surface area contributed by atoms with Gasteiger partial charge in [0.1, 0.15) is 0 Å². The van der Waals surface area contributed by atoms with Gasteiger partial charge < -0.3 is 5.11 Å². The molecule has 3 nitrogen and oxygen atoms in total. The zero-order valence-electron chi connectivity index (χ0n) is 11.9. The fourth-order valence-electron chi connectivity index (χ4n) is 3.35. The largest absolute Gasteiger partial charge is 0.481 e. The molecule has 0 spiro atoms. The summed E-state index contributed by atoms with van der Waals surface area (Å²) in [6, 6.07) is 0.640. The number of nitrogens with zero attached hydrogens (tertiary/aromatic N) is 1. The minimum absolute atomic E-state index is 0.341. The smallest absolute Gasteiger partial charge is 0.303 e. The maximum absolute atomic E-state index is 10.6. The molecule has 0 aromatic rings. The predicted molar refractivity (Wildman–Crippen MR) is 77.2 cm³/mol. The van der Waals surface area contributed by atoms with Crippen molar-refractivity contribution in [3.8, 4) is 0 Å². The van der Waals surface area contributed by atoms with Crippen molar-refractivity contribution in [3.05, 3.63) is 12.2 Å². The molecule has 3 heteroatoms. The van der Waals surface area contributed by atoms with Gasteiger partial charge in [0.15, 0.2) is 0 Å². The maximum atomic E-state index is 10.6. The number of aliphatic carboxylic acids is 1. The topological polar surface area (TPSA) is 40.5 Å². The second-order valence-corrected chi connectivity index (χ2v) is 6.05. The molecule has 0 amide bonds. The standard InChI is InChI=1S/C16H27NO2/c18-16(19)9-8-14-10-12-17(13-11-14)15-6-4-2-1-3-5-7-15/h4,6,14-15H,1-3,5,7-13H2,(H,18,19)/b6-4+. The van der Waals surface area contributed by atoms with Crippen LogP contribution in [0.2, 0.25) is 0 Å². The van der Waals surface area contributed by atoms with Crippen LogP contribution in [-0.2, 0) is 4.79 Å². The molecule has 2 aliphatic rings. The van der Waals surface area contributed by atoms with E-state index < -0.39 is 5.97 Å². The summed E-state index contributed by atoms with van der Waals surface area (Å²) in [4.78, 5) is 13.2. The molecule has 1 aliphatic carbocycles. The maximum Gasteiger partial charge on any atom is 0.303 e. The number of carboxylic acids is 1. The van der Waals surface area contributed by atoms with Crippen LogP contribution in [0.4, 0.5) is 0 Å². The van der Waals surface area contributed by atoms with Crippen molar-refractivity contribution in [1.82, 2.24) is 4.90 Å². The molecule has 108 valence electrons. The molecule has 1 fully saturated rings. The van der Waals surface area contributed by atoms with E-state index in [4.69, 9.17) is 5.11 Å². The van der Waals surface area contributed by atoms with Gasteiger partial charge in [-0.1, -0.05) is 25.0 Å². The Hall–Kier alpha value is -0.830. The number of rotatable bonds is 4. The monoisotopic (exact) mass is 265 g/mol. The lowest BCUT2D eigenvalue weighted by atomic mass is 9.90. The van der Waals surface area contributed by atoms with E-state index >= 15 is 0 Å². The minimum atomic E-state index is -0.648. The van der Waals surface area contributed by atoms with Gasteiger partial charge >= 0.3 is 5.97 Å². The number of allylic oxidation sites excluding steroid dienone is 1. The molecule has 0 saturated carbocycles. The van der Waals surface area contributed by atoms with E-state index in [0.717, 1.165) is 19.5 Å². The molecule has 1 heterocycles. The molecule has 1 unspecified atom stereocenters. The highest BCUT2D eigenvalue weighted by Gasteiger charge is 2.24. The van der Waals surface area contributed by atoms with E-state index in [1.807, 2.05) is 0 Å². The Morgan fingerprint density at radius 3 is 2.68 bits per heavy atom. The van der Waals surface area contributed by atoms with Gasteiger partial charge in [0.2, 0.25) is 0 Å². The van der Waals surface area contributed by atoms with E-state index in [2.05, 4.69) is 17.1 Å². The molecule has 0 aromatic heterocycles. The van der Waals surface area contributed by atoms with Crippen molar-refractivity contribution < 1.29 is 9.90 Å². The third-order valence-corrected chi connectivity index (χ3v) is 4.61. The highest BCUT2D eigenvalue weighted by Crippen LogP contribution is 2.25. The third-order valence-electron chi connectivity index (χ3n) is 4.61. The Bertz CT molecular complexity index is 306. The number of likely N-dealkylation sites (tertiary alicyclic amines) is 1.